The fraction of sp³-hybridized carbons (Fsp3) is 0.538. The first kappa shape index (κ1) is 12.7. The van der Waals surface area contributed by atoms with Crippen LogP contribution in [0.25, 0.3) is 0 Å². The molecular weight excluding hydrogens is 230 g/mol. The van der Waals surface area contributed by atoms with Crippen molar-refractivity contribution in [3.8, 4) is 0 Å². The van der Waals surface area contributed by atoms with Gasteiger partial charge in [-0.2, -0.15) is 0 Å². The number of carbonyl (C=O) groups excluding carboxylic acids is 2. The van der Waals surface area contributed by atoms with Crippen molar-refractivity contribution >= 4 is 11.8 Å². The molecule has 5 heteroatoms. The summed E-state index contributed by atoms with van der Waals surface area (Å²) >= 11 is 0. The van der Waals surface area contributed by atoms with Crippen LogP contribution < -0.4 is 5.32 Å². The van der Waals surface area contributed by atoms with Crippen molar-refractivity contribution in [3.63, 3.8) is 0 Å². The van der Waals surface area contributed by atoms with Crippen molar-refractivity contribution in [2.24, 2.45) is 7.05 Å². The Bertz CT molecular complexity index is 502. The average Bonchev–Trinajstić information content (AvgIpc) is 2.63. The van der Waals surface area contributed by atoms with Crippen LogP contribution in [0.3, 0.4) is 0 Å². The highest BCUT2D eigenvalue weighted by atomic mass is 16.2. The Morgan fingerprint density at radius 1 is 1.39 bits per heavy atom. The second kappa shape index (κ2) is 4.15. The van der Waals surface area contributed by atoms with E-state index in [1.807, 2.05) is 24.6 Å². The fourth-order valence-corrected chi connectivity index (χ4v) is 2.22. The summed E-state index contributed by atoms with van der Waals surface area (Å²) in [7, 11) is 1.86. The van der Waals surface area contributed by atoms with E-state index in [9.17, 15) is 9.59 Å². The van der Waals surface area contributed by atoms with Crippen LogP contribution in [0.15, 0.2) is 12.1 Å². The normalized spacial score (nSPS) is 18.7. The molecule has 18 heavy (non-hydrogen) atoms. The van der Waals surface area contributed by atoms with Crippen LogP contribution in [0.1, 0.15) is 30.0 Å². The second-order valence-electron chi connectivity index (χ2n) is 5.19. The van der Waals surface area contributed by atoms with Crippen LogP contribution in [0.4, 0.5) is 0 Å². The Labute approximate surface area is 107 Å². The molecular formula is C13H19N3O2. The number of aryl methyl sites for hydroxylation is 1. The van der Waals surface area contributed by atoms with Gasteiger partial charge < -0.3 is 14.8 Å². The summed E-state index contributed by atoms with van der Waals surface area (Å²) < 4.78 is 1.85. The van der Waals surface area contributed by atoms with E-state index in [1.54, 1.807) is 24.8 Å². The zero-order valence-electron chi connectivity index (χ0n) is 11.3. The first-order valence-corrected chi connectivity index (χ1v) is 6.08. The molecule has 1 aliphatic heterocycles. The third kappa shape index (κ3) is 1.79. The van der Waals surface area contributed by atoms with Gasteiger partial charge in [-0.05, 0) is 32.9 Å². The highest BCUT2D eigenvalue weighted by Gasteiger charge is 2.41. The molecule has 2 heterocycles. The number of piperazine rings is 1. The monoisotopic (exact) mass is 249 g/mol. The average molecular weight is 249 g/mol. The highest BCUT2D eigenvalue weighted by Crippen LogP contribution is 2.21. The summed E-state index contributed by atoms with van der Waals surface area (Å²) in [5.74, 6) is -0.196. The number of nitrogens with one attached hydrogen (secondary N) is 1. The maximum atomic E-state index is 12.5. The van der Waals surface area contributed by atoms with Crippen LogP contribution in [0.5, 0.6) is 0 Å². The van der Waals surface area contributed by atoms with Gasteiger partial charge in [0.15, 0.2) is 0 Å². The van der Waals surface area contributed by atoms with Crippen LogP contribution in [-0.2, 0) is 11.8 Å². The first-order valence-electron chi connectivity index (χ1n) is 6.08. The Morgan fingerprint density at radius 3 is 2.61 bits per heavy atom. The van der Waals surface area contributed by atoms with Gasteiger partial charge in [0.1, 0.15) is 11.2 Å². The molecule has 2 rings (SSSR count). The molecule has 5 nitrogen and oxygen atoms in total. The van der Waals surface area contributed by atoms with Gasteiger partial charge in [-0.1, -0.05) is 0 Å². The summed E-state index contributed by atoms with van der Waals surface area (Å²) in [6.07, 6.45) is 0. The van der Waals surface area contributed by atoms with Crippen molar-refractivity contribution in [2.75, 3.05) is 13.1 Å². The summed E-state index contributed by atoms with van der Waals surface area (Å²) in [6, 6.07) is 3.71. The van der Waals surface area contributed by atoms with Crippen molar-refractivity contribution < 1.29 is 9.59 Å². The molecule has 98 valence electrons. The van der Waals surface area contributed by atoms with Crippen LogP contribution >= 0.6 is 0 Å². The minimum absolute atomic E-state index is 0.0922. The topological polar surface area (TPSA) is 54.3 Å². The third-order valence-corrected chi connectivity index (χ3v) is 3.69. The zero-order valence-corrected chi connectivity index (χ0v) is 11.3. The number of nitrogens with zero attached hydrogens (tertiary/aromatic N) is 2. The lowest BCUT2D eigenvalue weighted by Gasteiger charge is -2.41. The van der Waals surface area contributed by atoms with E-state index in [1.165, 1.54) is 0 Å². The Hall–Kier alpha value is -1.78. The van der Waals surface area contributed by atoms with E-state index in [0.717, 1.165) is 5.69 Å². The molecule has 1 N–H and O–H groups in total. The molecule has 1 aliphatic rings. The van der Waals surface area contributed by atoms with Crippen molar-refractivity contribution in [1.82, 2.24) is 14.8 Å². The quantitative estimate of drug-likeness (QED) is 0.796. The van der Waals surface area contributed by atoms with Gasteiger partial charge in [0.25, 0.3) is 5.91 Å². The Kier molecular flexibility index (Phi) is 2.92. The maximum absolute atomic E-state index is 12.5. The predicted octanol–water partition coefficient (Wildman–Crippen LogP) is 0.684. The smallest absolute Gasteiger partial charge is 0.271 e. The molecule has 0 aromatic carbocycles. The number of hydrogen-bond acceptors (Lipinski definition) is 2. The van der Waals surface area contributed by atoms with Gasteiger partial charge in [-0.25, -0.2) is 0 Å². The van der Waals surface area contributed by atoms with Gasteiger partial charge >= 0.3 is 0 Å². The lowest BCUT2D eigenvalue weighted by molar-refractivity contribution is -0.133. The van der Waals surface area contributed by atoms with E-state index in [0.29, 0.717) is 18.8 Å². The number of hydrogen-bond donors (Lipinski definition) is 1. The maximum Gasteiger partial charge on any atom is 0.271 e. The van der Waals surface area contributed by atoms with Crippen molar-refractivity contribution in [3.05, 3.63) is 23.5 Å². The molecule has 0 radical (unpaired) electrons. The van der Waals surface area contributed by atoms with Crippen LogP contribution in [-0.4, -0.2) is 39.9 Å². The lowest BCUT2D eigenvalue weighted by atomic mass is 9.98. The zero-order chi connectivity index (χ0) is 13.5. The molecule has 0 bridgehead atoms. The van der Waals surface area contributed by atoms with E-state index in [2.05, 4.69) is 5.32 Å². The molecule has 1 aromatic heterocycles. The lowest BCUT2D eigenvalue weighted by Crippen LogP contribution is -2.63. The molecule has 0 spiro atoms. The van der Waals surface area contributed by atoms with Gasteiger partial charge in [0.05, 0.1) is 0 Å². The van der Waals surface area contributed by atoms with Gasteiger partial charge in [-0.15, -0.1) is 0 Å². The largest absolute Gasteiger partial charge is 0.352 e. The molecule has 1 fully saturated rings. The van der Waals surface area contributed by atoms with Gasteiger partial charge in [-0.3, -0.25) is 9.59 Å². The summed E-state index contributed by atoms with van der Waals surface area (Å²) in [6.45, 7) is 6.55. The third-order valence-electron chi connectivity index (χ3n) is 3.69. The molecule has 0 atom stereocenters. The Morgan fingerprint density at radius 2 is 2.06 bits per heavy atom. The molecule has 0 saturated carbocycles. The molecule has 2 amide bonds. The van der Waals surface area contributed by atoms with E-state index in [4.69, 9.17) is 0 Å². The molecule has 1 aromatic rings. The molecule has 0 aliphatic carbocycles. The number of carbonyl (C=O) groups is 2. The number of aromatic nitrogens is 1. The van der Waals surface area contributed by atoms with Gasteiger partial charge in [0, 0.05) is 25.8 Å². The second-order valence-corrected chi connectivity index (χ2v) is 5.19. The molecule has 1 saturated heterocycles. The molecule has 0 unspecified atom stereocenters. The SMILES string of the molecule is Cc1ccc(C(=O)N2CCNC(=O)C2(C)C)n1C. The van der Waals surface area contributed by atoms with E-state index >= 15 is 0 Å². The number of amides is 2. The summed E-state index contributed by atoms with van der Waals surface area (Å²) in [5, 5.41) is 2.79. The van der Waals surface area contributed by atoms with Crippen molar-refractivity contribution in [2.45, 2.75) is 26.3 Å². The Balaban J connectivity index is 2.34. The van der Waals surface area contributed by atoms with Crippen LogP contribution in [0.2, 0.25) is 0 Å². The van der Waals surface area contributed by atoms with Crippen molar-refractivity contribution in [1.29, 1.82) is 0 Å². The van der Waals surface area contributed by atoms with Gasteiger partial charge in [0.2, 0.25) is 5.91 Å². The first-order chi connectivity index (χ1) is 8.35. The minimum Gasteiger partial charge on any atom is -0.352 e. The van der Waals surface area contributed by atoms with Crippen LogP contribution in [0, 0.1) is 6.92 Å². The highest BCUT2D eigenvalue weighted by molar-refractivity contribution is 5.98. The number of rotatable bonds is 1. The summed E-state index contributed by atoms with van der Waals surface area (Å²) in [4.78, 5) is 26.0. The predicted molar refractivity (Wildman–Crippen MR) is 68.3 cm³/mol. The minimum atomic E-state index is -0.798. The fourth-order valence-electron chi connectivity index (χ4n) is 2.22. The van der Waals surface area contributed by atoms with E-state index in [-0.39, 0.29) is 11.8 Å². The standard InChI is InChI=1S/C13H19N3O2/c1-9-5-6-10(15(9)4)11(17)16-8-7-14-12(18)13(16,2)3/h5-6H,7-8H2,1-4H3,(H,14,18). The van der Waals surface area contributed by atoms with E-state index < -0.39 is 5.54 Å². The summed E-state index contributed by atoms with van der Waals surface area (Å²) in [5.41, 5.74) is 0.848.